The van der Waals surface area contributed by atoms with Crippen molar-refractivity contribution in [2.45, 2.75) is 12.5 Å². The van der Waals surface area contributed by atoms with Gasteiger partial charge in [0.1, 0.15) is 11.5 Å². The lowest BCUT2D eigenvalue weighted by Gasteiger charge is -2.25. The first-order valence-electron chi connectivity index (χ1n) is 9.05. The Bertz CT molecular complexity index is 874. The van der Waals surface area contributed by atoms with Crippen LogP contribution in [0.3, 0.4) is 0 Å². The second-order valence-electron chi connectivity index (χ2n) is 6.48. The fourth-order valence-electron chi connectivity index (χ4n) is 3.37. The highest BCUT2D eigenvalue weighted by molar-refractivity contribution is 6.46. The van der Waals surface area contributed by atoms with Crippen LogP contribution in [0.15, 0.2) is 60.2 Å². The summed E-state index contributed by atoms with van der Waals surface area (Å²) >= 11 is 0. The summed E-state index contributed by atoms with van der Waals surface area (Å²) in [6.07, 6.45) is 0.585. The molecule has 28 heavy (non-hydrogen) atoms. The molecule has 0 spiro atoms. The van der Waals surface area contributed by atoms with Gasteiger partial charge < -0.3 is 19.5 Å². The number of aliphatic hydroxyl groups is 1. The molecule has 6 heteroatoms. The van der Waals surface area contributed by atoms with Gasteiger partial charge in [0.2, 0.25) is 0 Å². The highest BCUT2D eigenvalue weighted by Gasteiger charge is 2.45. The van der Waals surface area contributed by atoms with Crippen LogP contribution in [0, 0.1) is 0 Å². The van der Waals surface area contributed by atoms with Crippen LogP contribution < -0.4 is 4.74 Å². The number of carbonyl (C=O) groups is 2. The minimum absolute atomic E-state index is 0.0961. The molecule has 146 valence electrons. The molecule has 2 aromatic rings. The zero-order chi connectivity index (χ0) is 20.1. The zero-order valence-corrected chi connectivity index (χ0v) is 15.9. The largest absolute Gasteiger partial charge is 0.507 e. The molecule has 1 heterocycles. The van der Waals surface area contributed by atoms with E-state index in [-0.39, 0.29) is 11.3 Å². The number of likely N-dealkylation sites (tertiary alicyclic amines) is 1. The number of hydrogen-bond donors (Lipinski definition) is 1. The molecule has 0 aromatic heterocycles. The van der Waals surface area contributed by atoms with Crippen LogP contribution in [-0.2, 0) is 14.3 Å². The van der Waals surface area contributed by atoms with Crippen molar-refractivity contribution in [3.63, 3.8) is 0 Å². The second-order valence-corrected chi connectivity index (χ2v) is 6.48. The summed E-state index contributed by atoms with van der Waals surface area (Å²) in [5.41, 5.74) is 1.32. The van der Waals surface area contributed by atoms with Crippen molar-refractivity contribution < 1.29 is 24.2 Å². The van der Waals surface area contributed by atoms with Gasteiger partial charge in [0, 0.05) is 25.8 Å². The van der Waals surface area contributed by atoms with Gasteiger partial charge in [0.15, 0.2) is 0 Å². The molecule has 1 aliphatic heterocycles. The monoisotopic (exact) mass is 381 g/mol. The Labute approximate surface area is 164 Å². The van der Waals surface area contributed by atoms with E-state index >= 15 is 0 Å². The molecule has 0 radical (unpaired) electrons. The van der Waals surface area contributed by atoms with E-state index in [9.17, 15) is 14.7 Å². The molecule has 1 N–H and O–H groups in total. The number of carbonyl (C=O) groups excluding carboxylic acids is 2. The first kappa shape index (κ1) is 19.6. The molecule has 3 rings (SSSR count). The lowest BCUT2D eigenvalue weighted by molar-refractivity contribution is -0.140. The Morgan fingerprint density at radius 2 is 1.71 bits per heavy atom. The number of Topliss-reactive ketones (excluding diaryl/α,β-unsaturated/α-hetero) is 1. The van der Waals surface area contributed by atoms with Crippen LogP contribution in [0.25, 0.3) is 5.76 Å². The molecule has 1 saturated heterocycles. The lowest BCUT2D eigenvalue weighted by atomic mass is 9.95. The van der Waals surface area contributed by atoms with Crippen LogP contribution in [-0.4, -0.2) is 49.1 Å². The molecular formula is C22H23NO5. The fraction of sp³-hybridized carbons (Fsp3) is 0.273. The minimum atomic E-state index is -0.681. The third-order valence-corrected chi connectivity index (χ3v) is 4.77. The molecule has 0 aliphatic carbocycles. The van der Waals surface area contributed by atoms with Crippen molar-refractivity contribution in [2.75, 3.05) is 27.4 Å². The SMILES string of the molecule is COCCCN1C(=O)C(=O)/C(=C(/O)c2ccccc2)[C@H]1c1ccc(OC)cc1. The first-order valence-corrected chi connectivity index (χ1v) is 9.05. The van der Waals surface area contributed by atoms with Crippen molar-refractivity contribution in [1.82, 2.24) is 4.90 Å². The summed E-state index contributed by atoms with van der Waals surface area (Å²) < 4.78 is 10.3. The number of amides is 1. The van der Waals surface area contributed by atoms with Crippen LogP contribution >= 0.6 is 0 Å². The Morgan fingerprint density at radius 3 is 2.32 bits per heavy atom. The third kappa shape index (κ3) is 3.77. The van der Waals surface area contributed by atoms with Crippen molar-refractivity contribution in [3.8, 4) is 5.75 Å². The molecule has 0 unspecified atom stereocenters. The van der Waals surface area contributed by atoms with E-state index in [1.165, 1.54) is 4.90 Å². The topological polar surface area (TPSA) is 76.1 Å². The van der Waals surface area contributed by atoms with E-state index in [0.29, 0.717) is 30.9 Å². The number of hydrogen-bond acceptors (Lipinski definition) is 5. The van der Waals surface area contributed by atoms with Crippen LogP contribution in [0.4, 0.5) is 0 Å². The summed E-state index contributed by atoms with van der Waals surface area (Å²) in [5.74, 6) is -0.800. The number of rotatable bonds is 7. The summed E-state index contributed by atoms with van der Waals surface area (Å²) in [7, 11) is 3.16. The molecule has 0 saturated carbocycles. The molecular weight excluding hydrogens is 358 g/mol. The third-order valence-electron chi connectivity index (χ3n) is 4.77. The smallest absolute Gasteiger partial charge is 0.295 e. The van der Waals surface area contributed by atoms with Gasteiger partial charge in [0.25, 0.3) is 11.7 Å². The van der Waals surface area contributed by atoms with Crippen LogP contribution in [0.1, 0.15) is 23.6 Å². The van der Waals surface area contributed by atoms with E-state index in [4.69, 9.17) is 9.47 Å². The number of benzene rings is 2. The summed E-state index contributed by atoms with van der Waals surface area (Å²) in [6, 6.07) is 15.3. The summed E-state index contributed by atoms with van der Waals surface area (Å²) in [5, 5.41) is 10.9. The van der Waals surface area contributed by atoms with Gasteiger partial charge in [-0.3, -0.25) is 9.59 Å². The van der Waals surface area contributed by atoms with Crippen molar-refractivity contribution in [2.24, 2.45) is 0 Å². The molecule has 1 amide bonds. The van der Waals surface area contributed by atoms with Gasteiger partial charge in [0.05, 0.1) is 18.7 Å². The van der Waals surface area contributed by atoms with E-state index in [1.54, 1.807) is 62.8 Å². The molecule has 1 aliphatic rings. The maximum absolute atomic E-state index is 12.8. The van der Waals surface area contributed by atoms with Crippen molar-refractivity contribution in [3.05, 3.63) is 71.3 Å². The number of ketones is 1. The van der Waals surface area contributed by atoms with Crippen molar-refractivity contribution in [1.29, 1.82) is 0 Å². The van der Waals surface area contributed by atoms with Crippen LogP contribution in [0.2, 0.25) is 0 Å². The molecule has 2 aromatic carbocycles. The Hall–Kier alpha value is -3.12. The molecule has 1 fully saturated rings. The van der Waals surface area contributed by atoms with Gasteiger partial charge in [-0.05, 0) is 24.1 Å². The average molecular weight is 381 g/mol. The number of ether oxygens (including phenoxy) is 2. The predicted octanol–water partition coefficient (Wildman–Crippen LogP) is 3.15. The predicted molar refractivity (Wildman–Crippen MR) is 105 cm³/mol. The zero-order valence-electron chi connectivity index (χ0n) is 15.9. The minimum Gasteiger partial charge on any atom is -0.507 e. The maximum atomic E-state index is 12.8. The molecule has 6 nitrogen and oxygen atoms in total. The van der Waals surface area contributed by atoms with Gasteiger partial charge in [-0.15, -0.1) is 0 Å². The van der Waals surface area contributed by atoms with Crippen molar-refractivity contribution >= 4 is 17.4 Å². The van der Waals surface area contributed by atoms with E-state index in [0.717, 1.165) is 5.56 Å². The molecule has 0 bridgehead atoms. The second kappa shape index (κ2) is 8.71. The fourth-order valence-corrected chi connectivity index (χ4v) is 3.37. The van der Waals surface area contributed by atoms with E-state index < -0.39 is 17.7 Å². The van der Waals surface area contributed by atoms with E-state index in [2.05, 4.69) is 0 Å². The summed E-state index contributed by atoms with van der Waals surface area (Å²) in [4.78, 5) is 27.0. The Morgan fingerprint density at radius 1 is 1.04 bits per heavy atom. The van der Waals surface area contributed by atoms with Crippen LogP contribution in [0.5, 0.6) is 5.75 Å². The Kier molecular flexibility index (Phi) is 6.11. The standard InChI is InChI=1S/C22H23NO5/c1-27-14-6-13-23-19(15-9-11-17(28-2)12-10-15)18(21(25)22(23)26)20(24)16-7-4-3-5-8-16/h3-5,7-12,19,24H,6,13-14H2,1-2H3/b20-18+/t19-/m1/s1. The Balaban J connectivity index is 2.09. The normalized spacial score (nSPS) is 18.5. The first-order chi connectivity index (χ1) is 13.6. The maximum Gasteiger partial charge on any atom is 0.295 e. The number of aliphatic hydroxyl groups excluding tert-OH is 1. The number of nitrogens with zero attached hydrogens (tertiary/aromatic N) is 1. The average Bonchev–Trinajstić information content (AvgIpc) is 2.99. The summed E-state index contributed by atoms with van der Waals surface area (Å²) in [6.45, 7) is 0.817. The quantitative estimate of drug-likeness (QED) is 0.345. The highest BCUT2D eigenvalue weighted by Crippen LogP contribution is 2.39. The van der Waals surface area contributed by atoms with E-state index in [1.807, 2.05) is 6.07 Å². The highest BCUT2D eigenvalue weighted by atomic mass is 16.5. The van der Waals surface area contributed by atoms with Gasteiger partial charge in [-0.2, -0.15) is 0 Å². The molecule has 1 atom stereocenters. The van der Waals surface area contributed by atoms with Gasteiger partial charge in [-0.1, -0.05) is 42.5 Å². The lowest BCUT2D eigenvalue weighted by Crippen LogP contribution is -2.31. The van der Waals surface area contributed by atoms with Gasteiger partial charge in [-0.25, -0.2) is 0 Å². The van der Waals surface area contributed by atoms with Gasteiger partial charge >= 0.3 is 0 Å². The number of methoxy groups -OCH3 is 2.